The first-order chi connectivity index (χ1) is 8.59. The van der Waals surface area contributed by atoms with E-state index in [1.807, 2.05) is 11.3 Å². The summed E-state index contributed by atoms with van der Waals surface area (Å²) < 4.78 is 0. The van der Waals surface area contributed by atoms with Crippen molar-refractivity contribution in [3.63, 3.8) is 0 Å². The van der Waals surface area contributed by atoms with Crippen molar-refractivity contribution < 1.29 is 0 Å². The van der Waals surface area contributed by atoms with Crippen LogP contribution in [-0.4, -0.2) is 24.5 Å². The molecular weight excluding hydrogens is 240 g/mol. The van der Waals surface area contributed by atoms with Crippen molar-refractivity contribution >= 4 is 11.3 Å². The Labute approximate surface area is 115 Å². The van der Waals surface area contributed by atoms with Gasteiger partial charge in [0.05, 0.1) is 6.04 Å². The number of thiophene rings is 1. The summed E-state index contributed by atoms with van der Waals surface area (Å²) in [5.74, 6) is 0. The number of hydrogen-bond donors (Lipinski definition) is 1. The van der Waals surface area contributed by atoms with Crippen LogP contribution in [-0.2, 0) is 0 Å². The van der Waals surface area contributed by atoms with Crippen molar-refractivity contribution in [1.29, 1.82) is 0 Å². The Morgan fingerprint density at radius 2 is 2.11 bits per heavy atom. The van der Waals surface area contributed by atoms with Crippen LogP contribution in [0.5, 0.6) is 0 Å². The highest BCUT2D eigenvalue weighted by Gasteiger charge is 2.32. The molecule has 1 saturated heterocycles. The molecular formula is C15H26N2S. The van der Waals surface area contributed by atoms with E-state index in [0.29, 0.717) is 11.5 Å². The van der Waals surface area contributed by atoms with Crippen LogP contribution in [0.15, 0.2) is 11.4 Å². The van der Waals surface area contributed by atoms with E-state index in [1.165, 1.54) is 42.8 Å². The predicted octanol–water partition coefficient (Wildman–Crippen LogP) is 3.57. The van der Waals surface area contributed by atoms with E-state index in [4.69, 9.17) is 5.73 Å². The van der Waals surface area contributed by atoms with Gasteiger partial charge in [-0.2, -0.15) is 0 Å². The van der Waals surface area contributed by atoms with Crippen molar-refractivity contribution in [2.75, 3.05) is 19.6 Å². The average Bonchev–Trinajstić information content (AvgIpc) is 2.79. The fourth-order valence-corrected chi connectivity index (χ4v) is 3.95. The zero-order valence-corrected chi connectivity index (χ0v) is 12.7. The molecule has 0 spiro atoms. The Bertz CT molecular complexity index is 378. The van der Waals surface area contributed by atoms with Gasteiger partial charge < -0.3 is 5.73 Å². The van der Waals surface area contributed by atoms with E-state index >= 15 is 0 Å². The lowest BCUT2D eigenvalue weighted by molar-refractivity contribution is 0.0839. The fourth-order valence-electron chi connectivity index (χ4n) is 2.88. The summed E-state index contributed by atoms with van der Waals surface area (Å²) >= 11 is 1.86. The molecule has 1 aromatic rings. The summed E-state index contributed by atoms with van der Waals surface area (Å²) in [6.07, 6.45) is 3.92. The van der Waals surface area contributed by atoms with E-state index in [9.17, 15) is 0 Å². The maximum atomic E-state index is 6.03. The Morgan fingerprint density at radius 1 is 1.44 bits per heavy atom. The molecule has 2 nitrogen and oxygen atoms in total. The number of likely N-dealkylation sites (tertiary alicyclic amines) is 1. The lowest BCUT2D eigenvalue weighted by Crippen LogP contribution is -2.42. The first-order valence-electron chi connectivity index (χ1n) is 7.08. The molecule has 0 aliphatic carbocycles. The number of nitrogens with two attached hydrogens (primary N) is 1. The van der Waals surface area contributed by atoms with Crippen molar-refractivity contribution in [1.82, 2.24) is 4.90 Å². The average molecular weight is 266 g/mol. The Kier molecular flexibility index (Phi) is 4.46. The first-order valence-corrected chi connectivity index (χ1v) is 7.96. The van der Waals surface area contributed by atoms with Gasteiger partial charge in [0, 0.05) is 11.4 Å². The lowest BCUT2D eigenvalue weighted by atomic mass is 9.78. The van der Waals surface area contributed by atoms with Crippen LogP contribution < -0.4 is 5.73 Å². The Hall–Kier alpha value is -0.380. The molecule has 0 aromatic carbocycles. The molecule has 1 fully saturated rings. The molecule has 1 aliphatic rings. The third kappa shape index (κ3) is 2.79. The molecule has 1 atom stereocenters. The molecule has 0 radical (unpaired) electrons. The molecule has 2 heterocycles. The zero-order chi connectivity index (χ0) is 13.2. The minimum Gasteiger partial charge on any atom is -0.329 e. The number of piperidine rings is 1. The SMILES string of the molecule is CCC1(C)CCN(C(CN)c2sccc2C)CC1. The zero-order valence-electron chi connectivity index (χ0n) is 11.9. The van der Waals surface area contributed by atoms with Gasteiger partial charge in [0.2, 0.25) is 0 Å². The molecule has 18 heavy (non-hydrogen) atoms. The number of aryl methyl sites for hydroxylation is 1. The number of nitrogens with zero attached hydrogens (tertiary/aromatic N) is 1. The number of hydrogen-bond acceptors (Lipinski definition) is 3. The van der Waals surface area contributed by atoms with Gasteiger partial charge in [0.25, 0.3) is 0 Å². The van der Waals surface area contributed by atoms with Gasteiger partial charge in [0.1, 0.15) is 0 Å². The highest BCUT2D eigenvalue weighted by molar-refractivity contribution is 7.10. The molecule has 0 saturated carbocycles. The van der Waals surface area contributed by atoms with Gasteiger partial charge in [-0.05, 0) is 55.3 Å². The van der Waals surface area contributed by atoms with E-state index < -0.39 is 0 Å². The second-order valence-corrected chi connectivity index (χ2v) is 6.87. The summed E-state index contributed by atoms with van der Waals surface area (Å²) in [5, 5.41) is 2.19. The van der Waals surface area contributed by atoms with Gasteiger partial charge in [-0.3, -0.25) is 4.90 Å². The van der Waals surface area contributed by atoms with Crippen LogP contribution in [0.3, 0.4) is 0 Å². The summed E-state index contributed by atoms with van der Waals surface area (Å²) in [5.41, 5.74) is 7.99. The minimum atomic E-state index is 0.436. The maximum Gasteiger partial charge on any atom is 0.0566 e. The second-order valence-electron chi connectivity index (χ2n) is 5.92. The third-order valence-electron chi connectivity index (χ3n) is 4.73. The van der Waals surface area contributed by atoms with Crippen LogP contribution in [0.4, 0.5) is 0 Å². The van der Waals surface area contributed by atoms with Crippen molar-refractivity contribution in [2.24, 2.45) is 11.1 Å². The standard InChI is InChI=1S/C15H26N2S/c1-4-15(3)6-8-17(9-7-15)13(11-16)14-12(2)5-10-18-14/h5,10,13H,4,6-9,11,16H2,1-3H3. The van der Waals surface area contributed by atoms with Gasteiger partial charge in [-0.1, -0.05) is 20.3 Å². The topological polar surface area (TPSA) is 29.3 Å². The quantitative estimate of drug-likeness (QED) is 0.902. The highest BCUT2D eigenvalue weighted by Crippen LogP contribution is 2.38. The normalized spacial score (nSPS) is 22.0. The lowest BCUT2D eigenvalue weighted by Gasteiger charge is -2.42. The molecule has 1 aromatic heterocycles. The molecule has 0 bridgehead atoms. The molecule has 1 unspecified atom stereocenters. The molecule has 3 heteroatoms. The largest absolute Gasteiger partial charge is 0.329 e. The monoisotopic (exact) mass is 266 g/mol. The van der Waals surface area contributed by atoms with E-state index in [0.717, 1.165) is 6.54 Å². The minimum absolute atomic E-state index is 0.436. The molecule has 2 rings (SSSR count). The van der Waals surface area contributed by atoms with E-state index in [-0.39, 0.29) is 0 Å². The Morgan fingerprint density at radius 3 is 2.56 bits per heavy atom. The van der Waals surface area contributed by atoms with E-state index in [1.54, 1.807) is 0 Å². The van der Waals surface area contributed by atoms with E-state index in [2.05, 4.69) is 37.1 Å². The van der Waals surface area contributed by atoms with Crippen molar-refractivity contribution in [2.45, 2.75) is 46.1 Å². The summed E-state index contributed by atoms with van der Waals surface area (Å²) in [7, 11) is 0. The van der Waals surface area contributed by atoms with Crippen LogP contribution in [0.1, 0.15) is 49.6 Å². The molecule has 2 N–H and O–H groups in total. The molecule has 1 aliphatic heterocycles. The molecule has 102 valence electrons. The summed E-state index contributed by atoms with van der Waals surface area (Å²) in [4.78, 5) is 4.06. The van der Waals surface area contributed by atoms with Crippen LogP contribution in [0.2, 0.25) is 0 Å². The summed E-state index contributed by atoms with van der Waals surface area (Å²) in [6.45, 7) is 10.1. The molecule has 0 amide bonds. The fraction of sp³-hybridized carbons (Fsp3) is 0.733. The van der Waals surface area contributed by atoms with Crippen LogP contribution in [0, 0.1) is 12.3 Å². The van der Waals surface area contributed by atoms with Crippen LogP contribution in [0.25, 0.3) is 0 Å². The van der Waals surface area contributed by atoms with Gasteiger partial charge in [0.15, 0.2) is 0 Å². The van der Waals surface area contributed by atoms with Gasteiger partial charge in [-0.15, -0.1) is 11.3 Å². The van der Waals surface area contributed by atoms with Crippen LogP contribution >= 0.6 is 11.3 Å². The second kappa shape index (κ2) is 5.72. The Balaban J connectivity index is 2.06. The third-order valence-corrected chi connectivity index (χ3v) is 5.85. The van der Waals surface area contributed by atoms with Gasteiger partial charge in [-0.25, -0.2) is 0 Å². The van der Waals surface area contributed by atoms with Crippen molar-refractivity contribution in [3.05, 3.63) is 21.9 Å². The number of rotatable bonds is 4. The maximum absolute atomic E-state index is 6.03. The summed E-state index contributed by atoms with van der Waals surface area (Å²) in [6, 6.07) is 2.65. The van der Waals surface area contributed by atoms with Gasteiger partial charge >= 0.3 is 0 Å². The predicted molar refractivity (Wildman–Crippen MR) is 80.1 cm³/mol. The highest BCUT2D eigenvalue weighted by atomic mass is 32.1. The smallest absolute Gasteiger partial charge is 0.0566 e. The van der Waals surface area contributed by atoms with Crippen molar-refractivity contribution in [3.8, 4) is 0 Å². The first kappa shape index (κ1) is 14.0.